The Morgan fingerprint density at radius 3 is 2.37 bits per heavy atom. The van der Waals surface area contributed by atoms with E-state index in [4.69, 9.17) is 4.74 Å². The van der Waals surface area contributed by atoms with Crippen molar-refractivity contribution in [2.24, 2.45) is 11.8 Å². The summed E-state index contributed by atoms with van der Waals surface area (Å²) in [5.74, 6) is -2.69. The van der Waals surface area contributed by atoms with Crippen molar-refractivity contribution in [2.75, 3.05) is 11.5 Å². The fourth-order valence-corrected chi connectivity index (χ4v) is 4.76. The molecule has 2 amide bonds. The van der Waals surface area contributed by atoms with Gasteiger partial charge in [0.1, 0.15) is 5.54 Å². The zero-order valence-corrected chi connectivity index (χ0v) is 17.6. The van der Waals surface area contributed by atoms with E-state index in [1.165, 1.54) is 4.90 Å². The smallest absolute Gasteiger partial charge is 0.326 e. The third-order valence-electron chi connectivity index (χ3n) is 6.30. The number of esters is 1. The van der Waals surface area contributed by atoms with Gasteiger partial charge in [-0.05, 0) is 51.0 Å². The SMILES string of the molecule is CCOC(=O)[C@]1(C)N[C@H](c2ccccc2C)[C@H]2C(=O)N(c3ccc(C)cc3)C(=O)[C@@H]21. The van der Waals surface area contributed by atoms with E-state index in [-0.39, 0.29) is 18.4 Å². The number of nitrogens with one attached hydrogen (secondary N) is 1. The fraction of sp³-hybridized carbons (Fsp3) is 0.375. The number of imide groups is 1. The van der Waals surface area contributed by atoms with Crippen molar-refractivity contribution < 1.29 is 19.1 Å². The molecule has 156 valence electrons. The minimum Gasteiger partial charge on any atom is -0.465 e. The number of hydrogen-bond donors (Lipinski definition) is 1. The van der Waals surface area contributed by atoms with Crippen LogP contribution in [0.1, 0.15) is 36.6 Å². The summed E-state index contributed by atoms with van der Waals surface area (Å²) in [6.07, 6.45) is 0. The third-order valence-corrected chi connectivity index (χ3v) is 6.30. The third kappa shape index (κ3) is 2.94. The Balaban J connectivity index is 1.83. The first-order chi connectivity index (χ1) is 14.3. The van der Waals surface area contributed by atoms with Gasteiger partial charge in [-0.1, -0.05) is 42.0 Å². The molecule has 30 heavy (non-hydrogen) atoms. The van der Waals surface area contributed by atoms with Crippen molar-refractivity contribution >= 4 is 23.5 Å². The Hall–Kier alpha value is -2.99. The monoisotopic (exact) mass is 406 g/mol. The summed E-state index contributed by atoms with van der Waals surface area (Å²) >= 11 is 0. The molecular formula is C24H26N2O4. The second kappa shape index (κ2) is 7.36. The number of aryl methyl sites for hydroxylation is 2. The van der Waals surface area contributed by atoms with Crippen LogP contribution in [-0.4, -0.2) is 29.9 Å². The molecule has 2 aliphatic heterocycles. The van der Waals surface area contributed by atoms with E-state index in [2.05, 4.69) is 5.32 Å². The fourth-order valence-electron chi connectivity index (χ4n) is 4.76. The van der Waals surface area contributed by atoms with Gasteiger partial charge in [0.05, 0.1) is 24.1 Å². The molecule has 2 aliphatic rings. The molecule has 0 unspecified atom stereocenters. The topological polar surface area (TPSA) is 75.7 Å². The highest BCUT2D eigenvalue weighted by atomic mass is 16.5. The number of rotatable bonds is 4. The molecule has 4 rings (SSSR count). The molecule has 2 aromatic carbocycles. The molecule has 0 saturated carbocycles. The Morgan fingerprint density at radius 2 is 1.73 bits per heavy atom. The zero-order chi connectivity index (χ0) is 21.6. The maximum atomic E-state index is 13.6. The molecule has 2 aromatic rings. The Bertz CT molecular complexity index is 1020. The summed E-state index contributed by atoms with van der Waals surface area (Å²) < 4.78 is 5.31. The summed E-state index contributed by atoms with van der Waals surface area (Å²) in [5, 5.41) is 3.31. The quantitative estimate of drug-likeness (QED) is 0.624. The number of ether oxygens (including phenoxy) is 1. The number of nitrogens with zero attached hydrogens (tertiary/aromatic N) is 1. The van der Waals surface area contributed by atoms with E-state index in [1.54, 1.807) is 26.0 Å². The van der Waals surface area contributed by atoms with E-state index in [9.17, 15) is 14.4 Å². The van der Waals surface area contributed by atoms with Crippen molar-refractivity contribution in [1.29, 1.82) is 0 Å². The highest BCUT2D eigenvalue weighted by Crippen LogP contribution is 2.50. The van der Waals surface area contributed by atoms with Gasteiger partial charge in [-0.2, -0.15) is 0 Å². The molecule has 1 N–H and O–H groups in total. The van der Waals surface area contributed by atoms with Crippen molar-refractivity contribution in [3.63, 3.8) is 0 Å². The molecule has 0 spiro atoms. The molecule has 0 aromatic heterocycles. The first-order valence-electron chi connectivity index (χ1n) is 10.2. The van der Waals surface area contributed by atoms with Gasteiger partial charge in [-0.25, -0.2) is 4.90 Å². The average molecular weight is 406 g/mol. The Morgan fingerprint density at radius 1 is 1.07 bits per heavy atom. The van der Waals surface area contributed by atoms with Crippen LogP contribution in [0.4, 0.5) is 5.69 Å². The standard InChI is InChI=1S/C24H26N2O4/c1-5-30-23(29)24(4)19-18(20(25-24)17-9-7-6-8-15(17)3)21(27)26(22(19)28)16-12-10-14(2)11-13-16/h6-13,18-20,25H,5H2,1-4H3/t18-,19+,20+,24+/m0/s1. The average Bonchev–Trinajstić information content (AvgIpc) is 3.17. The number of benzene rings is 2. The lowest BCUT2D eigenvalue weighted by atomic mass is 9.80. The Kier molecular flexibility index (Phi) is 4.98. The number of anilines is 1. The highest BCUT2D eigenvalue weighted by molar-refractivity contribution is 6.24. The van der Waals surface area contributed by atoms with Crippen LogP contribution < -0.4 is 10.2 Å². The summed E-state index contributed by atoms with van der Waals surface area (Å²) in [5.41, 5.74) is 2.18. The molecule has 0 aliphatic carbocycles. The molecule has 0 radical (unpaired) electrons. The van der Waals surface area contributed by atoms with E-state index in [1.807, 2.05) is 50.2 Å². The van der Waals surface area contributed by atoms with Crippen molar-refractivity contribution in [3.05, 3.63) is 65.2 Å². The molecule has 2 fully saturated rings. The van der Waals surface area contributed by atoms with Gasteiger partial charge in [0.25, 0.3) is 0 Å². The van der Waals surface area contributed by atoms with E-state index in [0.717, 1.165) is 16.7 Å². The van der Waals surface area contributed by atoms with Gasteiger partial charge in [-0.3, -0.25) is 19.7 Å². The lowest BCUT2D eigenvalue weighted by Gasteiger charge is -2.29. The van der Waals surface area contributed by atoms with E-state index >= 15 is 0 Å². The lowest BCUT2D eigenvalue weighted by Crippen LogP contribution is -2.54. The number of fused-ring (bicyclic) bond motifs is 1. The first kappa shape index (κ1) is 20.3. The van der Waals surface area contributed by atoms with Crippen LogP contribution in [0.2, 0.25) is 0 Å². The molecule has 6 heteroatoms. The minimum absolute atomic E-state index is 0.201. The van der Waals surface area contributed by atoms with Gasteiger partial charge >= 0.3 is 5.97 Å². The van der Waals surface area contributed by atoms with Gasteiger partial charge < -0.3 is 4.74 Å². The van der Waals surface area contributed by atoms with Crippen molar-refractivity contribution in [3.8, 4) is 0 Å². The van der Waals surface area contributed by atoms with Gasteiger partial charge in [0.2, 0.25) is 11.8 Å². The number of carbonyl (C=O) groups excluding carboxylic acids is 3. The summed E-state index contributed by atoms with van der Waals surface area (Å²) in [4.78, 5) is 41.3. The molecule has 2 heterocycles. The van der Waals surface area contributed by atoms with E-state index in [0.29, 0.717) is 5.69 Å². The normalized spacial score (nSPS) is 28.0. The number of amides is 2. The van der Waals surface area contributed by atoms with Crippen molar-refractivity contribution in [1.82, 2.24) is 5.32 Å². The second-order valence-corrected chi connectivity index (χ2v) is 8.25. The molecule has 0 bridgehead atoms. The first-order valence-corrected chi connectivity index (χ1v) is 10.2. The van der Waals surface area contributed by atoms with Crippen LogP contribution in [0, 0.1) is 25.7 Å². The maximum Gasteiger partial charge on any atom is 0.326 e. The van der Waals surface area contributed by atoms with Crippen molar-refractivity contribution in [2.45, 2.75) is 39.3 Å². The lowest BCUT2D eigenvalue weighted by molar-refractivity contribution is -0.153. The van der Waals surface area contributed by atoms with Crippen LogP contribution in [0.3, 0.4) is 0 Å². The molecule has 6 nitrogen and oxygen atoms in total. The zero-order valence-electron chi connectivity index (χ0n) is 17.6. The second-order valence-electron chi connectivity index (χ2n) is 8.25. The number of hydrogen-bond acceptors (Lipinski definition) is 5. The van der Waals surface area contributed by atoms with Crippen LogP contribution in [0.25, 0.3) is 0 Å². The minimum atomic E-state index is -1.29. The van der Waals surface area contributed by atoms with Crippen LogP contribution in [0.5, 0.6) is 0 Å². The summed E-state index contributed by atoms with van der Waals surface area (Å²) in [6, 6.07) is 14.5. The highest BCUT2D eigenvalue weighted by Gasteiger charge is 2.67. The molecule has 4 atom stereocenters. The van der Waals surface area contributed by atoms with Crippen LogP contribution in [0.15, 0.2) is 48.5 Å². The van der Waals surface area contributed by atoms with Gasteiger partial charge in [0, 0.05) is 6.04 Å². The van der Waals surface area contributed by atoms with Crippen LogP contribution >= 0.6 is 0 Å². The predicted molar refractivity (Wildman–Crippen MR) is 113 cm³/mol. The van der Waals surface area contributed by atoms with Crippen LogP contribution in [-0.2, 0) is 19.1 Å². The molecular weight excluding hydrogens is 380 g/mol. The maximum absolute atomic E-state index is 13.6. The predicted octanol–water partition coefficient (Wildman–Crippen LogP) is 3.08. The largest absolute Gasteiger partial charge is 0.465 e. The summed E-state index contributed by atoms with van der Waals surface area (Å²) in [7, 11) is 0. The van der Waals surface area contributed by atoms with Gasteiger partial charge in [0.15, 0.2) is 0 Å². The van der Waals surface area contributed by atoms with E-state index < -0.39 is 29.4 Å². The van der Waals surface area contributed by atoms with Gasteiger partial charge in [-0.15, -0.1) is 0 Å². The molecule has 2 saturated heterocycles. The Labute approximate surface area is 176 Å². The summed E-state index contributed by atoms with van der Waals surface area (Å²) in [6.45, 7) is 7.51. The number of carbonyl (C=O) groups is 3.